The molecule has 2 aliphatic rings. The van der Waals surface area contributed by atoms with Crippen molar-refractivity contribution in [2.24, 2.45) is 0 Å². The van der Waals surface area contributed by atoms with Gasteiger partial charge >= 0.3 is 6.55 Å². The Bertz CT molecular complexity index is 691. The minimum atomic E-state index is -2.61. The minimum absolute atomic E-state index is 0.0773. The maximum atomic E-state index is 12.7. The Kier molecular flexibility index (Phi) is 3.40. The largest absolute Gasteiger partial charge is 0.333 e. The van der Waals surface area contributed by atoms with Crippen molar-refractivity contribution in [2.45, 2.75) is 37.2 Å². The standard InChI is InChI=1S/C14H15F2N5S/c15-14(16)21-8-10(6-17-21)13-19(4-5-22-13)12-7-18-20(9-12)11-2-1-3-11/h4-9,11,13-14H,1-3H2. The molecule has 0 N–H and O–H groups in total. The number of anilines is 1. The van der Waals surface area contributed by atoms with Crippen LogP contribution in [0.2, 0.25) is 0 Å². The van der Waals surface area contributed by atoms with Gasteiger partial charge in [-0.05, 0) is 24.7 Å². The van der Waals surface area contributed by atoms with E-state index in [1.54, 1.807) is 11.8 Å². The van der Waals surface area contributed by atoms with Gasteiger partial charge < -0.3 is 4.90 Å². The molecule has 0 bridgehead atoms. The van der Waals surface area contributed by atoms with Gasteiger partial charge in [-0.2, -0.15) is 19.0 Å². The normalized spacial score (nSPS) is 21.8. The lowest BCUT2D eigenvalue weighted by Gasteiger charge is -2.26. The molecule has 1 fully saturated rings. The maximum Gasteiger partial charge on any atom is 0.333 e. The van der Waals surface area contributed by atoms with E-state index < -0.39 is 6.55 Å². The van der Waals surface area contributed by atoms with Crippen molar-refractivity contribution < 1.29 is 8.78 Å². The van der Waals surface area contributed by atoms with Crippen LogP contribution in [0.3, 0.4) is 0 Å². The Morgan fingerprint density at radius 1 is 1.18 bits per heavy atom. The smallest absolute Gasteiger partial charge is 0.328 e. The van der Waals surface area contributed by atoms with Crippen LogP contribution < -0.4 is 4.90 Å². The summed E-state index contributed by atoms with van der Waals surface area (Å²) >= 11 is 1.57. The topological polar surface area (TPSA) is 38.9 Å². The summed E-state index contributed by atoms with van der Waals surface area (Å²) in [5.74, 6) is 0. The average Bonchev–Trinajstić information content (AvgIpc) is 3.16. The first-order valence-electron chi connectivity index (χ1n) is 7.19. The summed E-state index contributed by atoms with van der Waals surface area (Å²) < 4.78 is 28.0. The lowest BCUT2D eigenvalue weighted by molar-refractivity contribution is 0.0565. The van der Waals surface area contributed by atoms with E-state index in [0.717, 1.165) is 11.3 Å². The molecule has 8 heteroatoms. The van der Waals surface area contributed by atoms with E-state index in [9.17, 15) is 8.78 Å². The second kappa shape index (κ2) is 5.42. The van der Waals surface area contributed by atoms with Gasteiger partial charge in [0.1, 0.15) is 5.37 Å². The van der Waals surface area contributed by atoms with Crippen molar-refractivity contribution in [3.8, 4) is 0 Å². The van der Waals surface area contributed by atoms with Crippen LogP contribution in [-0.4, -0.2) is 19.6 Å². The molecule has 1 unspecified atom stereocenters. The third kappa shape index (κ3) is 2.31. The van der Waals surface area contributed by atoms with E-state index in [-0.39, 0.29) is 5.37 Å². The zero-order valence-electron chi connectivity index (χ0n) is 11.7. The Labute approximate surface area is 130 Å². The van der Waals surface area contributed by atoms with Gasteiger partial charge in [0.2, 0.25) is 0 Å². The Hall–Kier alpha value is -1.83. The molecule has 5 nitrogen and oxygen atoms in total. The lowest BCUT2D eigenvalue weighted by atomic mass is 9.93. The Morgan fingerprint density at radius 3 is 2.73 bits per heavy atom. The third-order valence-electron chi connectivity index (χ3n) is 4.12. The van der Waals surface area contributed by atoms with E-state index in [1.165, 1.54) is 31.7 Å². The van der Waals surface area contributed by atoms with Crippen LogP contribution in [-0.2, 0) is 0 Å². The van der Waals surface area contributed by atoms with Gasteiger partial charge in [0.05, 0.1) is 24.1 Å². The summed E-state index contributed by atoms with van der Waals surface area (Å²) in [6.07, 6.45) is 12.3. The second-order valence-electron chi connectivity index (χ2n) is 5.48. The fraction of sp³-hybridized carbons (Fsp3) is 0.429. The van der Waals surface area contributed by atoms with Crippen LogP contribution in [0.25, 0.3) is 0 Å². The van der Waals surface area contributed by atoms with E-state index in [2.05, 4.69) is 10.2 Å². The van der Waals surface area contributed by atoms with Crippen molar-refractivity contribution in [3.05, 3.63) is 42.0 Å². The molecule has 0 spiro atoms. The highest BCUT2D eigenvalue weighted by molar-refractivity contribution is 8.02. The van der Waals surface area contributed by atoms with Gasteiger partial charge in [-0.3, -0.25) is 4.68 Å². The highest BCUT2D eigenvalue weighted by atomic mass is 32.2. The number of thioether (sulfide) groups is 1. The Morgan fingerprint density at radius 2 is 2.05 bits per heavy atom. The number of alkyl halides is 2. The highest BCUT2D eigenvalue weighted by Gasteiger charge is 2.27. The monoisotopic (exact) mass is 323 g/mol. The molecule has 1 aliphatic heterocycles. The fourth-order valence-corrected chi connectivity index (χ4v) is 3.63. The van der Waals surface area contributed by atoms with Gasteiger partial charge in [-0.25, -0.2) is 4.68 Å². The molecular weight excluding hydrogens is 308 g/mol. The summed E-state index contributed by atoms with van der Waals surface area (Å²) in [6.45, 7) is -2.61. The zero-order valence-corrected chi connectivity index (χ0v) is 12.5. The van der Waals surface area contributed by atoms with E-state index in [4.69, 9.17) is 0 Å². The first kappa shape index (κ1) is 13.8. The van der Waals surface area contributed by atoms with E-state index in [1.807, 2.05) is 33.6 Å². The molecule has 1 atom stereocenters. The summed E-state index contributed by atoms with van der Waals surface area (Å²) in [6, 6.07) is 0.507. The van der Waals surface area contributed by atoms with Gasteiger partial charge in [-0.1, -0.05) is 0 Å². The predicted molar refractivity (Wildman–Crippen MR) is 80.5 cm³/mol. The summed E-state index contributed by atoms with van der Waals surface area (Å²) in [4.78, 5) is 2.04. The van der Waals surface area contributed by atoms with Crippen molar-refractivity contribution in [1.29, 1.82) is 0 Å². The third-order valence-corrected chi connectivity index (χ3v) is 5.16. The second-order valence-corrected chi connectivity index (χ2v) is 6.47. The molecule has 2 aromatic heterocycles. The molecule has 0 saturated heterocycles. The van der Waals surface area contributed by atoms with Crippen LogP contribution in [0.15, 0.2) is 36.4 Å². The number of halogens is 2. The molecule has 4 rings (SSSR count). The van der Waals surface area contributed by atoms with Crippen LogP contribution in [0.4, 0.5) is 14.5 Å². The first-order chi connectivity index (χ1) is 10.7. The number of hydrogen-bond donors (Lipinski definition) is 0. The molecule has 3 heterocycles. The van der Waals surface area contributed by atoms with Gasteiger partial charge in [-0.15, -0.1) is 11.8 Å². The maximum absolute atomic E-state index is 12.7. The zero-order chi connectivity index (χ0) is 15.1. The van der Waals surface area contributed by atoms with Crippen LogP contribution in [0.1, 0.15) is 42.8 Å². The molecule has 1 aliphatic carbocycles. The fourth-order valence-electron chi connectivity index (χ4n) is 2.68. The molecule has 2 aromatic rings. The highest BCUT2D eigenvalue weighted by Crippen LogP contribution is 2.42. The van der Waals surface area contributed by atoms with Crippen molar-refractivity contribution >= 4 is 17.4 Å². The summed E-state index contributed by atoms with van der Waals surface area (Å²) in [7, 11) is 0. The molecule has 116 valence electrons. The van der Waals surface area contributed by atoms with Gasteiger partial charge in [0.25, 0.3) is 0 Å². The van der Waals surface area contributed by atoms with Gasteiger partial charge in [0.15, 0.2) is 0 Å². The van der Waals surface area contributed by atoms with Gasteiger partial charge in [0, 0.05) is 24.2 Å². The van der Waals surface area contributed by atoms with E-state index >= 15 is 0 Å². The van der Waals surface area contributed by atoms with Crippen LogP contribution in [0.5, 0.6) is 0 Å². The lowest BCUT2D eigenvalue weighted by Crippen LogP contribution is -2.18. The molecule has 0 aromatic carbocycles. The first-order valence-corrected chi connectivity index (χ1v) is 8.13. The molecular formula is C14H15F2N5S. The van der Waals surface area contributed by atoms with Crippen molar-refractivity contribution in [2.75, 3.05) is 4.90 Å². The quantitative estimate of drug-likeness (QED) is 0.855. The number of rotatable bonds is 4. The van der Waals surface area contributed by atoms with Crippen molar-refractivity contribution in [3.63, 3.8) is 0 Å². The number of aromatic nitrogens is 4. The van der Waals surface area contributed by atoms with Crippen LogP contribution in [0, 0.1) is 0 Å². The molecule has 0 radical (unpaired) electrons. The summed E-state index contributed by atoms with van der Waals surface area (Å²) in [5, 5.41) is 10.0. The molecule has 0 amide bonds. The SMILES string of the molecule is FC(F)n1cc(C2SC=CN2c2cnn(C3CCC3)c2)cn1. The average molecular weight is 323 g/mol. The number of nitrogens with zero attached hydrogens (tertiary/aromatic N) is 5. The molecule has 22 heavy (non-hydrogen) atoms. The Balaban J connectivity index is 1.57. The van der Waals surface area contributed by atoms with Crippen molar-refractivity contribution in [1.82, 2.24) is 19.6 Å². The summed E-state index contributed by atoms with van der Waals surface area (Å²) in [5.41, 5.74) is 1.73. The molecule has 1 saturated carbocycles. The number of hydrogen-bond acceptors (Lipinski definition) is 4. The minimum Gasteiger partial charge on any atom is -0.328 e. The van der Waals surface area contributed by atoms with E-state index in [0.29, 0.717) is 10.7 Å². The van der Waals surface area contributed by atoms with Crippen LogP contribution >= 0.6 is 11.8 Å². The predicted octanol–water partition coefficient (Wildman–Crippen LogP) is 3.92.